The molecule has 0 bridgehead atoms. The lowest BCUT2D eigenvalue weighted by molar-refractivity contribution is 0.619. The summed E-state index contributed by atoms with van der Waals surface area (Å²) in [6, 6.07) is 1.36. The van der Waals surface area contributed by atoms with E-state index in [2.05, 4.69) is 11.9 Å². The Labute approximate surface area is 53.5 Å². The van der Waals surface area contributed by atoms with Gasteiger partial charge in [0.2, 0.25) is 0 Å². The van der Waals surface area contributed by atoms with Crippen molar-refractivity contribution in [1.29, 1.82) is 0 Å². The molecule has 0 aliphatic heterocycles. The first-order valence-corrected chi connectivity index (χ1v) is 2.64. The Balaban J connectivity index is 3.17. The van der Waals surface area contributed by atoms with Crippen LogP contribution in [0.25, 0.3) is 0 Å². The minimum absolute atomic E-state index is 0.328. The van der Waals surface area contributed by atoms with E-state index in [0.717, 1.165) is 5.69 Å². The molecule has 0 aliphatic rings. The second-order valence-electron chi connectivity index (χ2n) is 1.90. The van der Waals surface area contributed by atoms with E-state index < -0.39 is 0 Å². The van der Waals surface area contributed by atoms with Crippen LogP contribution in [0.2, 0.25) is 0 Å². The maximum absolute atomic E-state index is 12.2. The van der Waals surface area contributed by atoms with Crippen LogP contribution in [0.15, 0.2) is 12.3 Å². The van der Waals surface area contributed by atoms with Crippen molar-refractivity contribution in [2.75, 3.05) is 0 Å². The van der Waals surface area contributed by atoms with Crippen LogP contribution in [0.4, 0.5) is 4.39 Å². The molecular weight excluding hydrogens is 117 g/mol. The molecule has 1 heterocycles. The van der Waals surface area contributed by atoms with Crippen LogP contribution < -0.4 is 0 Å². The van der Waals surface area contributed by atoms with Gasteiger partial charge in [-0.05, 0) is 25.5 Å². The summed E-state index contributed by atoms with van der Waals surface area (Å²) in [6.07, 6.45) is 1.18. The highest BCUT2D eigenvalue weighted by molar-refractivity contribution is 5.21. The van der Waals surface area contributed by atoms with E-state index >= 15 is 0 Å². The molecule has 0 aromatic carbocycles. The molecule has 1 aromatic heterocycles. The number of pyridine rings is 1. The summed E-state index contributed by atoms with van der Waals surface area (Å²) < 4.78 is 12.2. The van der Waals surface area contributed by atoms with Crippen molar-refractivity contribution >= 4 is 0 Å². The third-order valence-electron chi connectivity index (χ3n) is 1.16. The van der Waals surface area contributed by atoms with Crippen LogP contribution in [-0.2, 0) is 0 Å². The minimum atomic E-state index is -0.328. The second-order valence-corrected chi connectivity index (χ2v) is 1.90. The van der Waals surface area contributed by atoms with Crippen LogP contribution in [-0.4, -0.2) is 4.98 Å². The summed E-state index contributed by atoms with van der Waals surface area (Å²) >= 11 is 0. The Morgan fingerprint density at radius 3 is 2.78 bits per heavy atom. The highest BCUT2D eigenvalue weighted by Crippen LogP contribution is 2.03. The first-order valence-electron chi connectivity index (χ1n) is 2.64. The first-order chi connectivity index (χ1) is 4.20. The molecule has 2 heteroatoms. The summed E-state index contributed by atoms with van der Waals surface area (Å²) in [7, 11) is 0. The summed E-state index contributed by atoms with van der Waals surface area (Å²) in [5, 5.41) is 0. The number of hydrogen-bond donors (Lipinski definition) is 0. The van der Waals surface area contributed by atoms with E-state index in [9.17, 15) is 4.39 Å². The second kappa shape index (κ2) is 2.13. The summed E-state index contributed by atoms with van der Waals surface area (Å²) in [5.74, 6) is -0.328. The van der Waals surface area contributed by atoms with Gasteiger partial charge in [0.1, 0.15) is 5.82 Å². The summed E-state index contributed by atoms with van der Waals surface area (Å²) in [6.45, 7) is 5.37. The lowest BCUT2D eigenvalue weighted by Crippen LogP contribution is -1.86. The van der Waals surface area contributed by atoms with E-state index in [-0.39, 0.29) is 5.82 Å². The van der Waals surface area contributed by atoms with E-state index in [1.807, 2.05) is 0 Å². The lowest BCUT2D eigenvalue weighted by atomic mass is 10.2. The van der Waals surface area contributed by atoms with Crippen molar-refractivity contribution in [3.8, 4) is 0 Å². The molecule has 47 valence electrons. The van der Waals surface area contributed by atoms with Gasteiger partial charge in [0.25, 0.3) is 0 Å². The maximum atomic E-state index is 12.2. The van der Waals surface area contributed by atoms with E-state index in [4.69, 9.17) is 0 Å². The van der Waals surface area contributed by atoms with Crippen LogP contribution in [0.1, 0.15) is 11.3 Å². The molecule has 1 radical (unpaired) electrons. The van der Waals surface area contributed by atoms with Crippen LogP contribution in [0.5, 0.6) is 0 Å². The van der Waals surface area contributed by atoms with Crippen molar-refractivity contribution in [3.05, 3.63) is 36.3 Å². The van der Waals surface area contributed by atoms with Gasteiger partial charge in [0.05, 0.1) is 6.20 Å². The van der Waals surface area contributed by atoms with Gasteiger partial charge in [0.15, 0.2) is 0 Å². The molecule has 0 unspecified atom stereocenters. The van der Waals surface area contributed by atoms with E-state index in [1.54, 1.807) is 6.92 Å². The third kappa shape index (κ3) is 1.25. The predicted molar refractivity (Wildman–Crippen MR) is 33.4 cm³/mol. The Bertz CT molecular complexity index is 220. The zero-order chi connectivity index (χ0) is 6.85. The fourth-order valence-electron chi connectivity index (χ4n) is 0.550. The van der Waals surface area contributed by atoms with Gasteiger partial charge >= 0.3 is 0 Å². The smallest absolute Gasteiger partial charge is 0.141 e. The predicted octanol–water partition coefficient (Wildman–Crippen LogP) is 1.71. The van der Waals surface area contributed by atoms with E-state index in [1.165, 1.54) is 12.3 Å². The molecule has 9 heavy (non-hydrogen) atoms. The minimum Gasteiger partial charge on any atom is -0.258 e. The molecule has 0 atom stereocenters. The Morgan fingerprint density at radius 2 is 2.33 bits per heavy atom. The highest BCUT2D eigenvalue weighted by Gasteiger charge is 1.93. The Morgan fingerprint density at radius 1 is 1.67 bits per heavy atom. The topological polar surface area (TPSA) is 12.9 Å². The molecule has 1 nitrogen and oxygen atoms in total. The largest absolute Gasteiger partial charge is 0.258 e. The van der Waals surface area contributed by atoms with E-state index in [0.29, 0.717) is 5.56 Å². The van der Waals surface area contributed by atoms with Crippen LogP contribution >= 0.6 is 0 Å². The quantitative estimate of drug-likeness (QED) is 0.513. The zero-order valence-electron chi connectivity index (χ0n) is 5.19. The fourth-order valence-corrected chi connectivity index (χ4v) is 0.550. The number of rotatable bonds is 0. The monoisotopic (exact) mass is 124 g/mol. The van der Waals surface area contributed by atoms with Crippen molar-refractivity contribution < 1.29 is 4.39 Å². The van der Waals surface area contributed by atoms with Gasteiger partial charge in [0, 0.05) is 5.69 Å². The SMILES string of the molecule is [CH2]c1cc(F)cnc1C. The normalized spacial score (nSPS) is 9.67. The number of aryl methyl sites for hydroxylation is 1. The summed E-state index contributed by atoms with van der Waals surface area (Å²) in [5.41, 5.74) is 1.42. The van der Waals surface area contributed by atoms with Crippen molar-refractivity contribution in [2.24, 2.45) is 0 Å². The van der Waals surface area contributed by atoms with Gasteiger partial charge in [-0.1, -0.05) is 0 Å². The Hall–Kier alpha value is -0.920. The van der Waals surface area contributed by atoms with Gasteiger partial charge in [-0.15, -0.1) is 0 Å². The zero-order valence-corrected chi connectivity index (χ0v) is 5.19. The number of nitrogens with zero attached hydrogens (tertiary/aromatic N) is 1. The lowest BCUT2D eigenvalue weighted by Gasteiger charge is -1.94. The molecule has 0 saturated carbocycles. The van der Waals surface area contributed by atoms with Gasteiger partial charge in [-0.3, -0.25) is 4.98 Å². The van der Waals surface area contributed by atoms with Crippen LogP contribution in [0, 0.1) is 19.7 Å². The van der Waals surface area contributed by atoms with Gasteiger partial charge < -0.3 is 0 Å². The summed E-state index contributed by atoms with van der Waals surface area (Å²) in [4.78, 5) is 3.74. The van der Waals surface area contributed by atoms with Crippen molar-refractivity contribution in [1.82, 2.24) is 4.98 Å². The number of hydrogen-bond acceptors (Lipinski definition) is 1. The average molecular weight is 124 g/mol. The average Bonchev–Trinajstić information content (AvgIpc) is 1.80. The number of aromatic nitrogens is 1. The molecule has 0 fully saturated rings. The molecule has 0 N–H and O–H groups in total. The molecule has 1 aromatic rings. The van der Waals surface area contributed by atoms with Crippen molar-refractivity contribution in [2.45, 2.75) is 6.92 Å². The molecular formula is C7H7FN. The first kappa shape index (κ1) is 6.20. The molecule has 0 amide bonds. The fraction of sp³-hybridized carbons (Fsp3) is 0.143. The standard InChI is InChI=1S/C7H7FN/c1-5-3-7(8)4-9-6(5)2/h3-4H,1H2,2H3. The van der Waals surface area contributed by atoms with Crippen molar-refractivity contribution in [3.63, 3.8) is 0 Å². The van der Waals surface area contributed by atoms with Crippen LogP contribution in [0.3, 0.4) is 0 Å². The highest BCUT2D eigenvalue weighted by atomic mass is 19.1. The third-order valence-corrected chi connectivity index (χ3v) is 1.16. The maximum Gasteiger partial charge on any atom is 0.141 e. The molecule has 0 spiro atoms. The van der Waals surface area contributed by atoms with Gasteiger partial charge in [-0.2, -0.15) is 0 Å². The molecule has 0 aliphatic carbocycles. The Kier molecular flexibility index (Phi) is 1.47. The van der Waals surface area contributed by atoms with Gasteiger partial charge in [-0.25, -0.2) is 4.39 Å². The number of halogens is 1. The molecule has 0 saturated heterocycles. The molecule has 1 rings (SSSR count).